The number of pyridine rings is 1. The summed E-state index contributed by atoms with van der Waals surface area (Å²) in [5, 5.41) is 0.497. The average molecular weight is 409 g/mol. The number of ether oxygens (including phenoxy) is 2. The highest BCUT2D eigenvalue weighted by Gasteiger charge is 2.16. The van der Waals surface area contributed by atoms with Crippen LogP contribution in [0.5, 0.6) is 11.5 Å². The zero-order valence-electron chi connectivity index (χ0n) is 17.6. The maximum absolute atomic E-state index is 12.7. The van der Waals surface area contributed by atoms with Crippen LogP contribution >= 0.6 is 0 Å². The second kappa shape index (κ2) is 9.26. The van der Waals surface area contributed by atoms with Crippen molar-refractivity contribution < 1.29 is 9.47 Å². The number of benzene rings is 1. The van der Waals surface area contributed by atoms with Gasteiger partial charge < -0.3 is 14.4 Å². The van der Waals surface area contributed by atoms with Crippen LogP contribution in [0.15, 0.2) is 41.3 Å². The van der Waals surface area contributed by atoms with Crippen molar-refractivity contribution in [1.82, 2.24) is 19.4 Å². The third kappa shape index (κ3) is 4.31. The summed E-state index contributed by atoms with van der Waals surface area (Å²) >= 11 is 0. The molecule has 30 heavy (non-hydrogen) atoms. The van der Waals surface area contributed by atoms with Gasteiger partial charge in [-0.1, -0.05) is 6.42 Å². The van der Waals surface area contributed by atoms with Crippen LogP contribution < -0.4 is 15.0 Å². The smallest absolute Gasteiger partial charge is 0.263 e. The van der Waals surface area contributed by atoms with Crippen LogP contribution in [0.1, 0.15) is 25.7 Å². The minimum Gasteiger partial charge on any atom is -0.496 e. The van der Waals surface area contributed by atoms with Crippen molar-refractivity contribution in [2.24, 2.45) is 7.05 Å². The van der Waals surface area contributed by atoms with E-state index < -0.39 is 0 Å². The van der Waals surface area contributed by atoms with Gasteiger partial charge in [0.25, 0.3) is 5.56 Å². The molecule has 0 saturated carbocycles. The molecule has 158 valence electrons. The van der Waals surface area contributed by atoms with Crippen molar-refractivity contribution in [1.29, 1.82) is 0 Å². The molecule has 1 aromatic carbocycles. The second-order valence-electron chi connectivity index (χ2n) is 7.64. The second-order valence-corrected chi connectivity index (χ2v) is 7.64. The van der Waals surface area contributed by atoms with E-state index in [1.165, 1.54) is 36.9 Å². The quantitative estimate of drug-likeness (QED) is 0.559. The van der Waals surface area contributed by atoms with Gasteiger partial charge in [0.1, 0.15) is 17.3 Å². The molecule has 0 bridgehead atoms. The van der Waals surface area contributed by atoms with E-state index in [1.807, 2.05) is 18.2 Å². The first-order valence-corrected chi connectivity index (χ1v) is 10.5. The van der Waals surface area contributed by atoms with Crippen molar-refractivity contribution in [2.45, 2.75) is 25.7 Å². The third-order valence-electron chi connectivity index (χ3n) is 5.60. The maximum Gasteiger partial charge on any atom is 0.263 e. The van der Waals surface area contributed by atoms with Gasteiger partial charge in [-0.05, 0) is 56.6 Å². The molecule has 0 amide bonds. The number of fused-ring (bicyclic) bond motifs is 1. The molecule has 2 aromatic heterocycles. The topological polar surface area (TPSA) is 69.5 Å². The van der Waals surface area contributed by atoms with Crippen LogP contribution in [0, 0.1) is 0 Å². The Kier molecular flexibility index (Phi) is 6.28. The van der Waals surface area contributed by atoms with Crippen LogP contribution in [0.4, 0.5) is 0 Å². The van der Waals surface area contributed by atoms with E-state index in [9.17, 15) is 4.79 Å². The lowest BCUT2D eigenvalue weighted by Crippen LogP contribution is -2.31. The largest absolute Gasteiger partial charge is 0.496 e. The fourth-order valence-electron chi connectivity index (χ4n) is 3.95. The zero-order valence-corrected chi connectivity index (χ0v) is 17.6. The Bertz CT molecular complexity index is 1070. The van der Waals surface area contributed by atoms with E-state index in [1.54, 1.807) is 32.5 Å². The van der Waals surface area contributed by atoms with Gasteiger partial charge in [0.15, 0.2) is 5.65 Å². The van der Waals surface area contributed by atoms with E-state index in [2.05, 4.69) is 14.9 Å². The Morgan fingerprint density at radius 2 is 1.97 bits per heavy atom. The number of nitrogens with zero attached hydrogens (tertiary/aromatic N) is 4. The summed E-state index contributed by atoms with van der Waals surface area (Å²) in [6, 6.07) is 9.11. The van der Waals surface area contributed by atoms with Crippen LogP contribution in [0.2, 0.25) is 0 Å². The standard InChI is InChI=1S/C23H28N4O3/c1-26-22(25-21-19(23(26)28)8-6-11-24-21)18-10-9-17(16-20(18)29-2)30-15-7-14-27-12-4-3-5-13-27/h6,8-11,16H,3-5,7,12-15H2,1-2H3. The molecular weight excluding hydrogens is 380 g/mol. The number of rotatable bonds is 7. The summed E-state index contributed by atoms with van der Waals surface area (Å²) < 4.78 is 13.1. The fourth-order valence-corrected chi connectivity index (χ4v) is 3.95. The van der Waals surface area contributed by atoms with E-state index in [4.69, 9.17) is 9.47 Å². The highest BCUT2D eigenvalue weighted by molar-refractivity contribution is 5.77. The minimum atomic E-state index is -0.136. The first-order chi connectivity index (χ1) is 14.7. The average Bonchev–Trinajstić information content (AvgIpc) is 2.80. The van der Waals surface area contributed by atoms with Crippen molar-refractivity contribution >= 4 is 11.0 Å². The summed E-state index contributed by atoms with van der Waals surface area (Å²) in [4.78, 5) is 24.1. The molecule has 1 fully saturated rings. The van der Waals surface area contributed by atoms with E-state index >= 15 is 0 Å². The molecule has 0 aliphatic carbocycles. The van der Waals surface area contributed by atoms with Crippen LogP contribution in [-0.2, 0) is 7.05 Å². The summed E-state index contributed by atoms with van der Waals surface area (Å²) in [7, 11) is 3.32. The highest BCUT2D eigenvalue weighted by Crippen LogP contribution is 2.32. The van der Waals surface area contributed by atoms with Gasteiger partial charge in [-0.2, -0.15) is 0 Å². The minimum absolute atomic E-state index is 0.136. The normalized spacial score (nSPS) is 14.7. The van der Waals surface area contributed by atoms with Crippen LogP contribution in [0.25, 0.3) is 22.4 Å². The SMILES string of the molecule is COc1cc(OCCCN2CCCCC2)ccc1-c1nc2ncccc2c(=O)n1C. The Balaban J connectivity index is 1.51. The molecular formula is C23H28N4O3. The molecule has 0 N–H and O–H groups in total. The van der Waals surface area contributed by atoms with Gasteiger partial charge in [-0.3, -0.25) is 9.36 Å². The molecule has 0 radical (unpaired) electrons. The molecule has 7 nitrogen and oxygen atoms in total. The molecule has 3 aromatic rings. The Hall–Kier alpha value is -2.93. The van der Waals surface area contributed by atoms with Crippen molar-refractivity contribution in [3.63, 3.8) is 0 Å². The number of likely N-dealkylation sites (tertiary alicyclic amines) is 1. The maximum atomic E-state index is 12.7. The summed E-state index contributed by atoms with van der Waals surface area (Å²) in [6.45, 7) is 4.14. The number of hydrogen-bond acceptors (Lipinski definition) is 6. The molecule has 0 atom stereocenters. The third-order valence-corrected chi connectivity index (χ3v) is 5.60. The monoisotopic (exact) mass is 408 g/mol. The van der Waals surface area contributed by atoms with Crippen molar-refractivity contribution in [2.75, 3.05) is 33.4 Å². The molecule has 0 spiro atoms. The zero-order chi connectivity index (χ0) is 20.9. The molecule has 1 aliphatic rings. The van der Waals surface area contributed by atoms with Gasteiger partial charge in [-0.15, -0.1) is 0 Å². The Morgan fingerprint density at radius 3 is 2.77 bits per heavy atom. The predicted molar refractivity (Wildman–Crippen MR) is 117 cm³/mol. The molecule has 3 heterocycles. The molecule has 4 rings (SSSR count). The molecule has 7 heteroatoms. The Morgan fingerprint density at radius 1 is 1.13 bits per heavy atom. The number of aromatic nitrogens is 3. The van der Waals surface area contributed by atoms with Crippen LogP contribution in [-0.4, -0.2) is 52.8 Å². The van der Waals surface area contributed by atoms with E-state index in [0.717, 1.165) is 24.3 Å². The summed E-state index contributed by atoms with van der Waals surface area (Å²) in [5.74, 6) is 1.87. The highest BCUT2D eigenvalue weighted by atomic mass is 16.5. The van der Waals surface area contributed by atoms with Gasteiger partial charge in [0, 0.05) is 25.9 Å². The molecule has 1 aliphatic heterocycles. The lowest BCUT2D eigenvalue weighted by atomic mass is 10.1. The molecule has 1 saturated heterocycles. The van der Waals surface area contributed by atoms with Crippen molar-refractivity contribution in [3.05, 3.63) is 46.9 Å². The number of piperidine rings is 1. The number of methoxy groups -OCH3 is 1. The van der Waals surface area contributed by atoms with Gasteiger partial charge >= 0.3 is 0 Å². The first-order valence-electron chi connectivity index (χ1n) is 10.5. The first kappa shape index (κ1) is 20.3. The fraction of sp³-hybridized carbons (Fsp3) is 0.435. The van der Waals surface area contributed by atoms with Gasteiger partial charge in [-0.25, -0.2) is 9.97 Å². The lowest BCUT2D eigenvalue weighted by Gasteiger charge is -2.26. The predicted octanol–water partition coefficient (Wildman–Crippen LogP) is 3.26. The van der Waals surface area contributed by atoms with E-state index in [-0.39, 0.29) is 5.56 Å². The number of hydrogen-bond donors (Lipinski definition) is 0. The van der Waals surface area contributed by atoms with Crippen LogP contribution in [0.3, 0.4) is 0 Å². The summed E-state index contributed by atoms with van der Waals surface area (Å²) in [5.41, 5.74) is 1.02. The van der Waals surface area contributed by atoms with E-state index in [0.29, 0.717) is 29.2 Å². The lowest BCUT2D eigenvalue weighted by molar-refractivity contribution is 0.205. The van der Waals surface area contributed by atoms with Crippen molar-refractivity contribution in [3.8, 4) is 22.9 Å². The molecule has 0 unspecified atom stereocenters. The summed E-state index contributed by atoms with van der Waals surface area (Å²) in [6.07, 6.45) is 6.60. The Labute approximate surface area is 176 Å². The van der Waals surface area contributed by atoms with Gasteiger partial charge in [0.2, 0.25) is 0 Å². The van der Waals surface area contributed by atoms with Gasteiger partial charge in [0.05, 0.1) is 24.7 Å².